The third-order valence-corrected chi connectivity index (χ3v) is 7.22. The number of carbonyl (C=O) groups is 2. The minimum absolute atomic E-state index is 0.0838. The monoisotopic (exact) mass is 566 g/mol. The summed E-state index contributed by atoms with van der Waals surface area (Å²) < 4.78 is 26.3. The zero-order chi connectivity index (χ0) is 28.4. The predicted molar refractivity (Wildman–Crippen MR) is 152 cm³/mol. The van der Waals surface area contributed by atoms with E-state index in [1.807, 2.05) is 38.1 Å². The molecule has 0 radical (unpaired) electrons. The normalized spacial score (nSPS) is 22.6. The van der Waals surface area contributed by atoms with Crippen molar-refractivity contribution < 1.29 is 23.5 Å². The van der Waals surface area contributed by atoms with Crippen molar-refractivity contribution in [2.75, 3.05) is 26.7 Å². The number of halogens is 2. The van der Waals surface area contributed by atoms with Gasteiger partial charge in [-0.3, -0.25) is 14.7 Å². The van der Waals surface area contributed by atoms with Gasteiger partial charge in [0, 0.05) is 30.6 Å². The third kappa shape index (κ3) is 5.70. The van der Waals surface area contributed by atoms with Gasteiger partial charge in [-0.1, -0.05) is 35.9 Å². The summed E-state index contributed by atoms with van der Waals surface area (Å²) in [6.45, 7) is 4.42. The number of allylic oxidation sites excluding steroid dienone is 2. The highest BCUT2D eigenvalue weighted by Gasteiger charge is 2.46. The van der Waals surface area contributed by atoms with Gasteiger partial charge in [0.15, 0.2) is 0 Å². The van der Waals surface area contributed by atoms with E-state index in [1.165, 1.54) is 4.90 Å². The lowest BCUT2D eigenvalue weighted by molar-refractivity contribution is -0.123. The van der Waals surface area contributed by atoms with Crippen LogP contribution in [0.15, 0.2) is 71.3 Å². The largest absolute Gasteiger partial charge is 0.497 e. The second kappa shape index (κ2) is 11.7. The molecule has 3 aliphatic rings. The lowest BCUT2D eigenvalue weighted by Crippen LogP contribution is -2.56. The fourth-order valence-corrected chi connectivity index (χ4v) is 5.30. The number of piperazine rings is 1. The number of nitrogens with one attached hydrogen (secondary N) is 1. The molecule has 40 heavy (non-hydrogen) atoms. The fraction of sp³-hybridized carbons (Fsp3) is 0.367. The highest BCUT2D eigenvalue weighted by molar-refractivity contribution is 6.30. The molecule has 2 aromatic carbocycles. The van der Waals surface area contributed by atoms with Gasteiger partial charge < -0.3 is 19.7 Å². The van der Waals surface area contributed by atoms with Crippen LogP contribution < -0.4 is 14.8 Å². The molecule has 5 rings (SSSR count). The van der Waals surface area contributed by atoms with Gasteiger partial charge in [0.2, 0.25) is 5.91 Å². The number of rotatable bonds is 6. The van der Waals surface area contributed by atoms with E-state index in [4.69, 9.17) is 26.1 Å². The van der Waals surface area contributed by atoms with Gasteiger partial charge in [-0.25, -0.2) is 9.18 Å². The number of amides is 3. The first kappa shape index (κ1) is 27.7. The molecule has 3 amide bonds. The van der Waals surface area contributed by atoms with Gasteiger partial charge in [-0.05, 0) is 55.3 Å². The summed E-state index contributed by atoms with van der Waals surface area (Å²) in [5.74, 6) is 1.22. The van der Waals surface area contributed by atoms with E-state index in [0.29, 0.717) is 46.6 Å². The number of benzene rings is 2. The van der Waals surface area contributed by atoms with E-state index in [1.54, 1.807) is 48.4 Å². The number of nitrogens with zero attached hydrogens (tertiary/aromatic N) is 3. The molecule has 0 spiro atoms. The molecule has 3 atom stereocenters. The molecule has 2 aliphatic heterocycles. The van der Waals surface area contributed by atoms with Crippen LogP contribution in [0, 0.1) is 0 Å². The summed E-state index contributed by atoms with van der Waals surface area (Å²) in [5, 5.41) is 3.33. The molecule has 1 fully saturated rings. The van der Waals surface area contributed by atoms with Gasteiger partial charge in [-0.2, -0.15) is 0 Å². The Labute approximate surface area is 238 Å². The van der Waals surface area contributed by atoms with Crippen LogP contribution in [-0.4, -0.2) is 72.6 Å². The Morgan fingerprint density at radius 3 is 2.65 bits per heavy atom. The first-order chi connectivity index (χ1) is 19.2. The lowest BCUT2D eigenvalue weighted by atomic mass is 9.90. The van der Waals surface area contributed by atoms with Crippen molar-refractivity contribution in [3.63, 3.8) is 0 Å². The van der Waals surface area contributed by atoms with Gasteiger partial charge in [0.25, 0.3) is 0 Å². The van der Waals surface area contributed by atoms with Crippen molar-refractivity contribution in [3.05, 3.63) is 82.4 Å². The van der Waals surface area contributed by atoms with E-state index in [9.17, 15) is 14.0 Å². The zero-order valence-electron chi connectivity index (χ0n) is 22.6. The quantitative estimate of drug-likeness (QED) is 0.528. The zero-order valence-corrected chi connectivity index (χ0v) is 23.4. The number of aliphatic imine (C=N–C) groups is 1. The molecule has 1 saturated heterocycles. The van der Waals surface area contributed by atoms with Crippen molar-refractivity contribution >= 4 is 29.4 Å². The molecular weight excluding hydrogens is 535 g/mol. The molecule has 1 aliphatic carbocycles. The predicted octanol–water partition coefficient (Wildman–Crippen LogP) is 5.08. The summed E-state index contributed by atoms with van der Waals surface area (Å²) in [5.41, 5.74) is 2.03. The third-order valence-electron chi connectivity index (χ3n) is 6.97. The van der Waals surface area contributed by atoms with Gasteiger partial charge in [-0.15, -0.1) is 0 Å². The Morgan fingerprint density at radius 1 is 1.20 bits per heavy atom. The van der Waals surface area contributed by atoms with Crippen LogP contribution in [-0.2, 0) is 4.79 Å². The SMILES string of the molecule is COc1ccc(C2=N[C@@H](c3ccc(Cl)cc3)[C@@H](C3=CC(F)CC=C3)N2C(=O)N2CCNC(=O)C2)c(OC(C)C)c1. The van der Waals surface area contributed by atoms with Crippen LogP contribution in [0.3, 0.4) is 0 Å². The molecule has 1 unspecified atom stereocenters. The first-order valence-electron chi connectivity index (χ1n) is 13.3. The van der Waals surface area contributed by atoms with E-state index in [-0.39, 0.29) is 25.0 Å². The Balaban J connectivity index is 1.70. The summed E-state index contributed by atoms with van der Waals surface area (Å²) in [7, 11) is 1.57. The van der Waals surface area contributed by atoms with E-state index >= 15 is 0 Å². The summed E-state index contributed by atoms with van der Waals surface area (Å²) in [6, 6.07) is 11.0. The van der Waals surface area contributed by atoms with Crippen molar-refractivity contribution in [2.45, 2.75) is 44.6 Å². The van der Waals surface area contributed by atoms with Crippen molar-refractivity contribution in [1.82, 2.24) is 15.1 Å². The van der Waals surface area contributed by atoms with Crippen molar-refractivity contribution in [1.29, 1.82) is 0 Å². The Kier molecular flexibility index (Phi) is 8.12. The molecule has 0 saturated carbocycles. The number of hydrogen-bond donors (Lipinski definition) is 1. The number of carbonyl (C=O) groups excluding carboxylic acids is 2. The highest BCUT2D eigenvalue weighted by Crippen LogP contribution is 2.42. The molecule has 2 heterocycles. The van der Waals surface area contributed by atoms with Gasteiger partial charge >= 0.3 is 6.03 Å². The van der Waals surface area contributed by atoms with Crippen LogP contribution >= 0.6 is 11.6 Å². The van der Waals surface area contributed by atoms with Crippen LogP contribution in [0.2, 0.25) is 5.02 Å². The standard InChI is InChI=1S/C30H32ClFN4O4/c1-18(2)40-25-16-23(39-3)11-12-24(25)29-34-27(19-7-9-21(31)10-8-19)28(20-5-4-6-22(32)15-20)36(29)30(38)35-14-13-33-26(37)17-35/h4-5,7-12,15-16,18,22,27-28H,6,13-14,17H2,1-3H3,(H,33,37)/t22?,27-,28+/m0/s1. The number of methoxy groups -OCH3 is 1. The van der Waals surface area contributed by atoms with Crippen LogP contribution in [0.4, 0.5) is 9.18 Å². The molecule has 2 aromatic rings. The molecule has 8 nitrogen and oxygen atoms in total. The van der Waals surface area contributed by atoms with Crippen LogP contribution in [0.25, 0.3) is 0 Å². The number of amidine groups is 1. The number of hydrogen-bond acceptors (Lipinski definition) is 5. The number of alkyl halides is 1. The topological polar surface area (TPSA) is 83.5 Å². The minimum Gasteiger partial charge on any atom is -0.497 e. The summed E-state index contributed by atoms with van der Waals surface area (Å²) in [4.78, 5) is 34.8. The van der Waals surface area contributed by atoms with Gasteiger partial charge in [0.05, 0.1) is 24.8 Å². The second-order valence-electron chi connectivity index (χ2n) is 10.2. The molecule has 1 N–H and O–H groups in total. The maximum atomic E-state index is 14.7. The van der Waals surface area contributed by atoms with E-state index in [2.05, 4.69) is 5.32 Å². The Hall–Kier alpha value is -3.85. The van der Waals surface area contributed by atoms with Crippen molar-refractivity contribution in [3.8, 4) is 11.5 Å². The molecule has 210 valence electrons. The van der Waals surface area contributed by atoms with Crippen LogP contribution in [0.1, 0.15) is 37.4 Å². The maximum Gasteiger partial charge on any atom is 0.326 e. The minimum atomic E-state index is -1.19. The number of urea groups is 1. The lowest BCUT2D eigenvalue weighted by Gasteiger charge is -2.36. The smallest absolute Gasteiger partial charge is 0.326 e. The highest BCUT2D eigenvalue weighted by atomic mass is 35.5. The fourth-order valence-electron chi connectivity index (χ4n) is 5.18. The first-order valence-corrected chi connectivity index (χ1v) is 13.7. The van der Waals surface area contributed by atoms with E-state index < -0.39 is 24.3 Å². The number of ether oxygens (including phenoxy) is 2. The second-order valence-corrected chi connectivity index (χ2v) is 10.6. The molecular formula is C30H32ClFN4O4. The molecule has 0 aromatic heterocycles. The molecule has 10 heteroatoms. The summed E-state index contributed by atoms with van der Waals surface area (Å²) in [6.07, 6.45) is 4.09. The van der Waals surface area contributed by atoms with E-state index in [0.717, 1.165) is 5.56 Å². The van der Waals surface area contributed by atoms with Crippen LogP contribution in [0.5, 0.6) is 11.5 Å². The van der Waals surface area contributed by atoms with Crippen molar-refractivity contribution in [2.24, 2.45) is 4.99 Å². The maximum absolute atomic E-state index is 14.7. The van der Waals surface area contributed by atoms with Gasteiger partial charge in [0.1, 0.15) is 36.1 Å². The average Bonchev–Trinajstić information content (AvgIpc) is 3.33. The Morgan fingerprint density at radius 2 is 1.98 bits per heavy atom. The molecule has 0 bridgehead atoms. The Bertz CT molecular complexity index is 1370. The average molecular weight is 567 g/mol. The summed E-state index contributed by atoms with van der Waals surface area (Å²) >= 11 is 6.19.